The van der Waals surface area contributed by atoms with Crippen LogP contribution in [-0.4, -0.2) is 25.9 Å². The number of hydrogen-bond acceptors (Lipinski definition) is 4. The number of hydrogen-bond donors (Lipinski definition) is 1. The van der Waals surface area contributed by atoms with Gasteiger partial charge in [-0.05, 0) is 32.0 Å². The monoisotopic (exact) mass is 328 g/mol. The van der Waals surface area contributed by atoms with Crippen LogP contribution >= 0.6 is 23.4 Å². The number of rotatable bonds is 5. The van der Waals surface area contributed by atoms with Crippen LogP contribution in [0.25, 0.3) is 0 Å². The van der Waals surface area contributed by atoms with Crippen LogP contribution in [0.15, 0.2) is 29.7 Å². The van der Waals surface area contributed by atoms with Crippen LogP contribution in [-0.2, 0) is 11.3 Å². The van der Waals surface area contributed by atoms with E-state index in [4.69, 9.17) is 11.6 Å². The fourth-order valence-electron chi connectivity index (χ4n) is 1.59. The van der Waals surface area contributed by atoms with Crippen molar-refractivity contribution in [3.05, 3.63) is 35.4 Å². The maximum absolute atomic E-state index is 13.0. The van der Waals surface area contributed by atoms with Crippen LogP contribution in [0.3, 0.4) is 0 Å². The summed E-state index contributed by atoms with van der Waals surface area (Å²) >= 11 is 7.18. The Hall–Kier alpha value is -1.60. The van der Waals surface area contributed by atoms with Gasteiger partial charge in [0.15, 0.2) is 5.16 Å². The molecule has 2 aromatic rings. The van der Waals surface area contributed by atoms with E-state index in [0.29, 0.717) is 10.8 Å². The lowest BCUT2D eigenvalue weighted by atomic mass is 10.3. The first-order chi connectivity index (χ1) is 10.0. The summed E-state index contributed by atoms with van der Waals surface area (Å²) in [6.45, 7) is 4.45. The number of nitrogens with one attached hydrogen (secondary N) is 1. The SMILES string of the molecule is CCn1cnnc1S[C@@H](C)C(=O)Nc1ccc(F)cc1Cl. The molecule has 0 spiro atoms. The van der Waals surface area contributed by atoms with Crippen LogP contribution in [0.4, 0.5) is 10.1 Å². The second-order valence-electron chi connectivity index (χ2n) is 4.27. The van der Waals surface area contributed by atoms with Crippen molar-refractivity contribution in [1.82, 2.24) is 14.8 Å². The highest BCUT2D eigenvalue weighted by Gasteiger charge is 2.18. The number of halogens is 2. The Morgan fingerprint density at radius 2 is 2.33 bits per heavy atom. The van der Waals surface area contributed by atoms with E-state index in [1.807, 2.05) is 11.5 Å². The first kappa shape index (κ1) is 15.8. The Morgan fingerprint density at radius 1 is 1.57 bits per heavy atom. The third kappa shape index (κ3) is 3.95. The molecule has 2 rings (SSSR count). The molecular weight excluding hydrogens is 315 g/mol. The number of benzene rings is 1. The number of thioether (sulfide) groups is 1. The minimum atomic E-state index is -0.448. The van der Waals surface area contributed by atoms with Crippen molar-refractivity contribution in [2.24, 2.45) is 0 Å². The Labute approximate surface area is 130 Å². The Balaban J connectivity index is 2.02. The summed E-state index contributed by atoms with van der Waals surface area (Å²) in [5, 5.41) is 10.9. The van der Waals surface area contributed by atoms with Gasteiger partial charge in [-0.2, -0.15) is 0 Å². The molecule has 112 valence electrons. The number of amides is 1. The van der Waals surface area contributed by atoms with Gasteiger partial charge in [-0.15, -0.1) is 10.2 Å². The highest BCUT2D eigenvalue weighted by Crippen LogP contribution is 2.25. The summed E-state index contributed by atoms with van der Waals surface area (Å²) in [6, 6.07) is 3.83. The Bertz CT molecular complexity index is 649. The van der Waals surface area contributed by atoms with Crippen molar-refractivity contribution < 1.29 is 9.18 Å². The van der Waals surface area contributed by atoms with Gasteiger partial charge >= 0.3 is 0 Å². The molecule has 21 heavy (non-hydrogen) atoms. The molecule has 0 aliphatic heterocycles. The molecule has 1 amide bonds. The summed E-state index contributed by atoms with van der Waals surface area (Å²) < 4.78 is 14.8. The summed E-state index contributed by atoms with van der Waals surface area (Å²) in [7, 11) is 0. The first-order valence-corrected chi connectivity index (χ1v) is 7.57. The molecule has 1 aromatic heterocycles. The third-order valence-electron chi connectivity index (χ3n) is 2.76. The van der Waals surface area contributed by atoms with Gasteiger partial charge in [-0.1, -0.05) is 23.4 Å². The quantitative estimate of drug-likeness (QED) is 0.856. The highest BCUT2D eigenvalue weighted by atomic mass is 35.5. The van der Waals surface area contributed by atoms with Gasteiger partial charge < -0.3 is 9.88 Å². The zero-order chi connectivity index (χ0) is 15.4. The predicted molar refractivity (Wildman–Crippen MR) is 81.1 cm³/mol. The standard InChI is InChI=1S/C13H14ClFN4OS/c1-3-19-7-16-18-13(19)21-8(2)12(20)17-11-5-4-9(15)6-10(11)14/h4-8H,3H2,1-2H3,(H,17,20)/t8-/m0/s1. The molecule has 1 heterocycles. The van der Waals surface area contributed by atoms with E-state index in [2.05, 4.69) is 15.5 Å². The number of nitrogens with zero attached hydrogens (tertiary/aromatic N) is 3. The van der Waals surface area contributed by atoms with Gasteiger partial charge in [-0.3, -0.25) is 4.79 Å². The average molecular weight is 329 g/mol. The summed E-state index contributed by atoms with van der Waals surface area (Å²) in [5.74, 6) is -0.685. The number of anilines is 1. The van der Waals surface area contributed by atoms with Crippen LogP contribution in [0.1, 0.15) is 13.8 Å². The molecule has 1 N–H and O–H groups in total. The summed E-state index contributed by atoms with van der Waals surface area (Å²) in [6.07, 6.45) is 1.61. The number of carbonyl (C=O) groups excluding carboxylic acids is 1. The molecule has 5 nitrogen and oxygen atoms in total. The smallest absolute Gasteiger partial charge is 0.237 e. The van der Waals surface area contributed by atoms with Crippen molar-refractivity contribution in [1.29, 1.82) is 0 Å². The fraction of sp³-hybridized carbons (Fsp3) is 0.308. The molecule has 0 saturated heterocycles. The molecular formula is C13H14ClFN4OS. The minimum absolute atomic E-state index is 0.164. The van der Waals surface area contributed by atoms with Crippen LogP contribution in [0.5, 0.6) is 0 Å². The normalized spacial score (nSPS) is 12.2. The third-order valence-corrected chi connectivity index (χ3v) is 4.17. The zero-order valence-corrected chi connectivity index (χ0v) is 13.1. The predicted octanol–water partition coefficient (Wildman–Crippen LogP) is 3.21. The van der Waals surface area contributed by atoms with Crippen molar-refractivity contribution in [3.63, 3.8) is 0 Å². The van der Waals surface area contributed by atoms with Gasteiger partial charge in [0.1, 0.15) is 12.1 Å². The molecule has 0 radical (unpaired) electrons. The molecule has 0 unspecified atom stereocenters. The van der Waals surface area contributed by atoms with E-state index in [-0.39, 0.29) is 16.2 Å². The maximum atomic E-state index is 13.0. The summed E-state index contributed by atoms with van der Waals surface area (Å²) in [5.41, 5.74) is 0.382. The van der Waals surface area contributed by atoms with Crippen LogP contribution < -0.4 is 5.32 Å². The molecule has 0 aliphatic carbocycles. The number of aromatic nitrogens is 3. The minimum Gasteiger partial charge on any atom is -0.324 e. The van der Waals surface area contributed by atoms with E-state index in [0.717, 1.165) is 12.6 Å². The van der Waals surface area contributed by atoms with Crippen LogP contribution in [0.2, 0.25) is 5.02 Å². The topological polar surface area (TPSA) is 59.8 Å². The molecule has 1 aromatic carbocycles. The van der Waals surface area contributed by atoms with Crippen molar-refractivity contribution in [2.45, 2.75) is 30.8 Å². The number of aryl methyl sites for hydroxylation is 1. The lowest BCUT2D eigenvalue weighted by molar-refractivity contribution is -0.115. The highest BCUT2D eigenvalue weighted by molar-refractivity contribution is 8.00. The van der Waals surface area contributed by atoms with E-state index >= 15 is 0 Å². The van der Waals surface area contributed by atoms with Crippen LogP contribution in [0, 0.1) is 5.82 Å². The van der Waals surface area contributed by atoms with E-state index in [9.17, 15) is 9.18 Å². The largest absolute Gasteiger partial charge is 0.324 e. The van der Waals surface area contributed by atoms with Crippen molar-refractivity contribution >= 4 is 35.0 Å². The number of carbonyl (C=O) groups is 1. The zero-order valence-electron chi connectivity index (χ0n) is 11.5. The lowest BCUT2D eigenvalue weighted by Crippen LogP contribution is -2.23. The van der Waals surface area contributed by atoms with Crippen molar-refractivity contribution in [3.8, 4) is 0 Å². The lowest BCUT2D eigenvalue weighted by Gasteiger charge is -2.12. The van der Waals surface area contributed by atoms with Gasteiger partial charge in [-0.25, -0.2) is 4.39 Å². The molecule has 0 bridgehead atoms. The Morgan fingerprint density at radius 3 is 3.00 bits per heavy atom. The maximum Gasteiger partial charge on any atom is 0.237 e. The van der Waals surface area contributed by atoms with Crippen molar-refractivity contribution in [2.75, 3.05) is 5.32 Å². The van der Waals surface area contributed by atoms with Gasteiger partial charge in [0.05, 0.1) is 16.0 Å². The van der Waals surface area contributed by atoms with E-state index in [1.54, 1.807) is 13.3 Å². The molecule has 1 atom stereocenters. The Kier molecular flexibility index (Phi) is 5.19. The van der Waals surface area contributed by atoms with E-state index in [1.165, 1.54) is 23.9 Å². The van der Waals surface area contributed by atoms with Gasteiger partial charge in [0, 0.05) is 6.54 Å². The van der Waals surface area contributed by atoms with Gasteiger partial charge in [0.2, 0.25) is 5.91 Å². The molecule has 8 heteroatoms. The fourth-order valence-corrected chi connectivity index (χ4v) is 2.69. The molecule has 0 aliphatic rings. The van der Waals surface area contributed by atoms with Gasteiger partial charge in [0.25, 0.3) is 0 Å². The molecule has 0 fully saturated rings. The second kappa shape index (κ2) is 6.91. The molecule has 0 saturated carbocycles. The second-order valence-corrected chi connectivity index (χ2v) is 5.99. The first-order valence-electron chi connectivity index (χ1n) is 6.31. The average Bonchev–Trinajstić information content (AvgIpc) is 2.89. The summed E-state index contributed by atoms with van der Waals surface area (Å²) in [4.78, 5) is 12.1. The van der Waals surface area contributed by atoms with E-state index < -0.39 is 5.82 Å².